The third-order valence-corrected chi connectivity index (χ3v) is 4.90. The minimum absolute atomic E-state index is 0.0543. The lowest BCUT2D eigenvalue weighted by atomic mass is 10.0. The third-order valence-electron chi connectivity index (χ3n) is 4.90. The van der Waals surface area contributed by atoms with E-state index < -0.39 is 11.9 Å². The first-order valence-corrected chi connectivity index (χ1v) is 10.8. The molecule has 2 heterocycles. The number of nitrogens with one attached hydrogen (secondary N) is 1. The zero-order valence-electron chi connectivity index (χ0n) is 19.6. The van der Waals surface area contributed by atoms with Gasteiger partial charge >= 0.3 is 11.9 Å². The molecule has 184 valence electrons. The molecule has 0 saturated heterocycles. The van der Waals surface area contributed by atoms with Gasteiger partial charge in [-0.1, -0.05) is 24.3 Å². The summed E-state index contributed by atoms with van der Waals surface area (Å²) in [5.41, 5.74) is 6.20. The van der Waals surface area contributed by atoms with E-state index in [1.165, 1.54) is 25.6 Å². The second-order valence-electron chi connectivity index (χ2n) is 7.18. The number of ether oxygens (including phenoxy) is 2. The number of nitrogen functional groups attached to an aromatic ring is 1. The maximum atomic E-state index is 12.8. The van der Waals surface area contributed by atoms with E-state index in [0.29, 0.717) is 17.9 Å². The van der Waals surface area contributed by atoms with Crippen molar-refractivity contribution in [1.82, 2.24) is 9.97 Å². The number of carbonyl (C=O) groups excluding carboxylic acids is 2. The lowest BCUT2D eigenvalue weighted by molar-refractivity contribution is 0.0594. The Balaban J connectivity index is 0.000000303. The van der Waals surface area contributed by atoms with Crippen molar-refractivity contribution in [2.75, 3.05) is 24.8 Å². The van der Waals surface area contributed by atoms with Gasteiger partial charge in [-0.25, -0.2) is 19.6 Å². The van der Waals surface area contributed by atoms with E-state index in [2.05, 4.69) is 15.3 Å². The third kappa shape index (κ3) is 5.92. The van der Waals surface area contributed by atoms with E-state index in [1.54, 1.807) is 30.3 Å². The Morgan fingerprint density at radius 3 is 2.19 bits per heavy atom. The first kappa shape index (κ1) is 25.6. The van der Waals surface area contributed by atoms with Crippen molar-refractivity contribution in [2.45, 2.75) is 6.92 Å². The minimum Gasteiger partial charge on any atom is -0.493 e. The molecule has 0 bridgehead atoms. The maximum Gasteiger partial charge on any atom is 0.358 e. The molecule has 0 aliphatic rings. The van der Waals surface area contributed by atoms with Gasteiger partial charge in [-0.3, -0.25) is 4.79 Å². The van der Waals surface area contributed by atoms with Gasteiger partial charge in [0, 0.05) is 23.3 Å². The number of fused-ring (bicyclic) bond motifs is 1. The van der Waals surface area contributed by atoms with E-state index in [0.717, 1.165) is 16.5 Å². The number of aromatic carboxylic acids is 1. The number of carbonyl (C=O) groups is 3. The van der Waals surface area contributed by atoms with Crippen molar-refractivity contribution in [3.05, 3.63) is 90.0 Å². The molecule has 0 fully saturated rings. The van der Waals surface area contributed by atoms with Crippen molar-refractivity contribution in [3.8, 4) is 5.75 Å². The summed E-state index contributed by atoms with van der Waals surface area (Å²) in [4.78, 5) is 42.5. The van der Waals surface area contributed by atoms with Gasteiger partial charge in [-0.2, -0.15) is 0 Å². The number of nitrogens with two attached hydrogens (primary N) is 1. The zero-order valence-corrected chi connectivity index (χ0v) is 19.6. The Kier molecular flexibility index (Phi) is 8.49. The van der Waals surface area contributed by atoms with Gasteiger partial charge in [0.05, 0.1) is 25.1 Å². The molecule has 2 aromatic heterocycles. The van der Waals surface area contributed by atoms with Crippen molar-refractivity contribution >= 4 is 40.0 Å². The number of methoxy groups -OCH3 is 1. The van der Waals surface area contributed by atoms with Gasteiger partial charge in [0.2, 0.25) is 0 Å². The largest absolute Gasteiger partial charge is 0.493 e. The van der Waals surface area contributed by atoms with Crippen molar-refractivity contribution in [1.29, 1.82) is 0 Å². The Bertz CT molecular complexity index is 1410. The van der Waals surface area contributed by atoms with Crippen LogP contribution in [-0.2, 0) is 4.74 Å². The number of nitrogens with zero attached hydrogens (tertiary/aromatic N) is 2. The van der Waals surface area contributed by atoms with Gasteiger partial charge in [-0.05, 0) is 48.7 Å². The maximum absolute atomic E-state index is 12.8. The monoisotopic (exact) mass is 488 g/mol. The number of rotatable bonds is 6. The van der Waals surface area contributed by atoms with Crippen LogP contribution in [-0.4, -0.2) is 46.6 Å². The average molecular weight is 489 g/mol. The molecule has 0 spiro atoms. The van der Waals surface area contributed by atoms with E-state index in [9.17, 15) is 14.4 Å². The van der Waals surface area contributed by atoms with Gasteiger partial charge in [0.1, 0.15) is 5.75 Å². The summed E-state index contributed by atoms with van der Waals surface area (Å²) in [7, 11) is 1.27. The number of amides is 1. The van der Waals surface area contributed by atoms with Crippen LogP contribution in [0.5, 0.6) is 5.75 Å². The molecule has 4 rings (SSSR count). The van der Waals surface area contributed by atoms with Crippen molar-refractivity contribution in [2.24, 2.45) is 0 Å². The highest BCUT2D eigenvalue weighted by molar-refractivity contribution is 6.15. The molecule has 0 radical (unpaired) electrons. The summed E-state index contributed by atoms with van der Waals surface area (Å²) in [6.07, 6.45) is 2.86. The van der Waals surface area contributed by atoms with Crippen LogP contribution < -0.4 is 15.8 Å². The molecule has 36 heavy (non-hydrogen) atoms. The summed E-state index contributed by atoms with van der Waals surface area (Å²) >= 11 is 0. The van der Waals surface area contributed by atoms with Crippen LogP contribution in [0.4, 0.5) is 11.4 Å². The first-order valence-electron chi connectivity index (χ1n) is 10.8. The van der Waals surface area contributed by atoms with Crippen LogP contribution >= 0.6 is 0 Å². The van der Waals surface area contributed by atoms with E-state index in [-0.39, 0.29) is 23.0 Å². The van der Waals surface area contributed by atoms with Gasteiger partial charge < -0.3 is 25.6 Å². The zero-order chi connectivity index (χ0) is 26.1. The lowest BCUT2D eigenvalue weighted by Gasteiger charge is -2.13. The number of carboxylic acids is 1. The second kappa shape index (κ2) is 11.9. The number of hydrogen-bond donors (Lipinski definition) is 3. The number of hydrogen-bond acceptors (Lipinski definition) is 8. The molecular weight excluding hydrogens is 464 g/mol. The fourth-order valence-electron chi connectivity index (χ4n) is 3.30. The highest BCUT2D eigenvalue weighted by atomic mass is 16.5. The molecule has 0 unspecified atom stereocenters. The summed E-state index contributed by atoms with van der Waals surface area (Å²) in [5.74, 6) is -1.34. The molecule has 2 aromatic carbocycles. The van der Waals surface area contributed by atoms with E-state index in [4.69, 9.17) is 20.3 Å². The van der Waals surface area contributed by atoms with Crippen LogP contribution in [0.15, 0.2) is 73.1 Å². The average Bonchev–Trinajstić information content (AvgIpc) is 2.89. The molecule has 4 N–H and O–H groups in total. The Morgan fingerprint density at radius 1 is 0.917 bits per heavy atom. The number of esters is 1. The predicted octanol–water partition coefficient (Wildman–Crippen LogP) is 4.03. The molecule has 0 atom stereocenters. The highest BCUT2D eigenvalue weighted by Crippen LogP contribution is 2.29. The Morgan fingerprint density at radius 2 is 1.58 bits per heavy atom. The number of benzene rings is 2. The molecule has 1 amide bonds. The summed E-state index contributed by atoms with van der Waals surface area (Å²) in [6, 6.07) is 17.3. The topological polar surface area (TPSA) is 154 Å². The fraction of sp³-hybridized carbons (Fsp3) is 0.115. The molecule has 4 aromatic rings. The van der Waals surface area contributed by atoms with Crippen LogP contribution in [0.3, 0.4) is 0 Å². The molecule has 10 nitrogen and oxygen atoms in total. The first-order chi connectivity index (χ1) is 17.4. The van der Waals surface area contributed by atoms with Crippen LogP contribution in [0.2, 0.25) is 0 Å². The van der Waals surface area contributed by atoms with Crippen LogP contribution in [0.25, 0.3) is 10.8 Å². The van der Waals surface area contributed by atoms with Crippen LogP contribution in [0, 0.1) is 0 Å². The van der Waals surface area contributed by atoms with Crippen LogP contribution in [0.1, 0.15) is 38.3 Å². The Labute approximate surface area is 206 Å². The highest BCUT2D eigenvalue weighted by Gasteiger charge is 2.18. The quantitative estimate of drug-likeness (QED) is 0.341. The van der Waals surface area contributed by atoms with Crippen molar-refractivity contribution < 1.29 is 29.0 Å². The Hall–Kier alpha value is -4.99. The van der Waals surface area contributed by atoms with Gasteiger partial charge in [0.15, 0.2) is 11.4 Å². The lowest BCUT2D eigenvalue weighted by Crippen LogP contribution is -2.16. The number of anilines is 2. The molecule has 0 aliphatic heterocycles. The predicted molar refractivity (Wildman–Crippen MR) is 134 cm³/mol. The summed E-state index contributed by atoms with van der Waals surface area (Å²) in [6.45, 7) is 2.44. The SMILES string of the molecule is CCOc1ccc(C(=O)Nc2cccnc2C(=O)OC)c2ccccc12.Nc1cccnc1C(=O)O. The fourth-order valence-corrected chi connectivity index (χ4v) is 3.30. The molecule has 0 saturated carbocycles. The molecule has 10 heteroatoms. The van der Waals surface area contributed by atoms with Crippen molar-refractivity contribution in [3.63, 3.8) is 0 Å². The van der Waals surface area contributed by atoms with Gasteiger partial charge in [-0.15, -0.1) is 0 Å². The minimum atomic E-state index is -1.10. The van der Waals surface area contributed by atoms with E-state index in [1.807, 2.05) is 31.2 Å². The normalized spacial score (nSPS) is 10.1. The van der Waals surface area contributed by atoms with Gasteiger partial charge in [0.25, 0.3) is 5.91 Å². The second-order valence-corrected chi connectivity index (χ2v) is 7.18. The summed E-state index contributed by atoms with van der Waals surface area (Å²) < 4.78 is 10.3. The number of carboxylic acid groups (broad SMARTS) is 1. The number of aromatic nitrogens is 2. The molecular formula is C26H24N4O6. The summed E-state index contributed by atoms with van der Waals surface area (Å²) in [5, 5.41) is 12.8. The molecule has 0 aliphatic carbocycles. The smallest absolute Gasteiger partial charge is 0.358 e. The van der Waals surface area contributed by atoms with E-state index >= 15 is 0 Å². The number of pyridine rings is 2. The standard InChI is InChI=1S/C20H18N2O4.C6H6N2O2/c1-3-26-17-11-10-15(13-7-4-5-8-14(13)17)19(23)22-16-9-6-12-21-18(16)20(24)25-2;7-4-2-1-3-8-5(4)6(9)10/h4-12H,3H2,1-2H3,(H,22,23);1-3H,7H2,(H,9,10).